The number of hydrogen-bond acceptors (Lipinski definition) is 11. The number of esters is 1. The highest BCUT2D eigenvalue weighted by atomic mass is 16.7. The van der Waals surface area contributed by atoms with Gasteiger partial charge in [-0.3, -0.25) is 9.59 Å². The quantitative estimate of drug-likeness (QED) is 0.138. The summed E-state index contributed by atoms with van der Waals surface area (Å²) in [7, 11) is 0. The normalized spacial score (nSPS) is 23.9. The number of ether oxygens (including phenoxy) is 6. The number of fused-ring (bicyclic) bond motifs is 4. The molecule has 13 nitrogen and oxygen atoms in total. The summed E-state index contributed by atoms with van der Waals surface area (Å²) in [4.78, 5) is 52.3. The zero-order chi connectivity index (χ0) is 38.5. The van der Waals surface area contributed by atoms with Crippen molar-refractivity contribution in [2.75, 3.05) is 19.8 Å². The lowest BCUT2D eigenvalue weighted by Crippen LogP contribution is -2.67. The maximum Gasteiger partial charge on any atom is 0.407 e. The molecule has 286 valence electrons. The highest BCUT2D eigenvalue weighted by Crippen LogP contribution is 2.44. The Morgan fingerprint density at radius 3 is 2.09 bits per heavy atom. The lowest BCUT2D eigenvalue weighted by molar-refractivity contribution is -0.348. The van der Waals surface area contributed by atoms with Gasteiger partial charge in [0.2, 0.25) is 5.91 Å². The van der Waals surface area contributed by atoms with E-state index >= 15 is 0 Å². The summed E-state index contributed by atoms with van der Waals surface area (Å²) in [6.07, 6.45) is -7.30. The van der Waals surface area contributed by atoms with E-state index in [1.807, 2.05) is 78.9 Å². The Morgan fingerprint density at radius 1 is 0.818 bits per heavy atom. The largest absolute Gasteiger partial charge is 0.456 e. The van der Waals surface area contributed by atoms with Gasteiger partial charge in [-0.15, -0.1) is 0 Å². The SMILES string of the molecule is CC(=O)N[C@H]1[C@@H](O[C@H](C)[C@H](NC(=O)OCC2c3ccccc3-c3ccccc32)C(=O)OCC(=O)c2ccccc2)O[C@@H]2COC(c3ccccc3)O[C@@H]2[C@@H]1O. The van der Waals surface area contributed by atoms with Crippen molar-refractivity contribution in [1.82, 2.24) is 10.6 Å². The van der Waals surface area contributed by atoms with Gasteiger partial charge in [0, 0.05) is 24.0 Å². The number of hydrogen-bond donors (Lipinski definition) is 3. The van der Waals surface area contributed by atoms with Crippen molar-refractivity contribution in [1.29, 1.82) is 0 Å². The highest BCUT2D eigenvalue weighted by molar-refractivity contribution is 5.98. The first kappa shape index (κ1) is 37.9. The number of aliphatic hydroxyl groups is 1. The number of amides is 2. The van der Waals surface area contributed by atoms with E-state index in [4.69, 9.17) is 28.4 Å². The summed E-state index contributed by atoms with van der Waals surface area (Å²) in [5.74, 6) is -2.16. The number of carbonyl (C=O) groups excluding carboxylic acids is 4. The van der Waals surface area contributed by atoms with Crippen molar-refractivity contribution in [3.63, 3.8) is 0 Å². The van der Waals surface area contributed by atoms with Crippen LogP contribution in [0, 0.1) is 0 Å². The second-order valence-electron chi connectivity index (χ2n) is 13.6. The number of carbonyl (C=O) groups is 4. The summed E-state index contributed by atoms with van der Waals surface area (Å²) >= 11 is 0. The molecular formula is C42H42N2O11. The molecule has 2 aliphatic heterocycles. The van der Waals surface area contributed by atoms with E-state index in [0.29, 0.717) is 5.56 Å². The number of nitrogens with one attached hydrogen (secondary N) is 2. The molecule has 2 saturated heterocycles. The lowest BCUT2D eigenvalue weighted by Gasteiger charge is -2.48. The minimum Gasteiger partial charge on any atom is -0.456 e. The molecule has 2 heterocycles. The number of alkyl carbamates (subject to hydrolysis) is 1. The second kappa shape index (κ2) is 16.9. The van der Waals surface area contributed by atoms with Crippen molar-refractivity contribution in [3.05, 3.63) is 131 Å². The summed E-state index contributed by atoms with van der Waals surface area (Å²) in [6.45, 7) is 2.15. The molecule has 0 spiro atoms. The number of benzene rings is 4. The molecule has 4 aromatic rings. The predicted octanol–water partition coefficient (Wildman–Crippen LogP) is 4.43. The molecule has 1 unspecified atom stereocenters. The van der Waals surface area contributed by atoms with Crippen molar-refractivity contribution in [3.8, 4) is 11.1 Å². The van der Waals surface area contributed by atoms with Crippen LogP contribution < -0.4 is 10.6 Å². The van der Waals surface area contributed by atoms with Gasteiger partial charge >= 0.3 is 12.1 Å². The summed E-state index contributed by atoms with van der Waals surface area (Å²) in [5, 5.41) is 16.8. The number of ketones is 1. The maximum atomic E-state index is 13.7. The Bertz CT molecular complexity index is 1950. The fraction of sp³-hybridized carbons (Fsp3) is 0.333. The van der Waals surface area contributed by atoms with Crippen LogP contribution in [0.25, 0.3) is 11.1 Å². The molecule has 55 heavy (non-hydrogen) atoms. The Morgan fingerprint density at radius 2 is 1.44 bits per heavy atom. The fourth-order valence-electron chi connectivity index (χ4n) is 7.23. The van der Waals surface area contributed by atoms with Gasteiger partial charge in [0.1, 0.15) is 31.0 Å². The lowest BCUT2D eigenvalue weighted by atomic mass is 9.95. The van der Waals surface area contributed by atoms with Gasteiger partial charge in [-0.2, -0.15) is 0 Å². The molecular weight excluding hydrogens is 708 g/mol. The average molecular weight is 751 g/mol. The molecule has 2 amide bonds. The highest BCUT2D eigenvalue weighted by Gasteiger charge is 2.51. The first-order valence-corrected chi connectivity index (χ1v) is 18.1. The topological polar surface area (TPSA) is 168 Å². The van der Waals surface area contributed by atoms with Gasteiger partial charge in [0.05, 0.1) is 12.7 Å². The smallest absolute Gasteiger partial charge is 0.407 e. The van der Waals surface area contributed by atoms with E-state index in [-0.39, 0.29) is 19.1 Å². The van der Waals surface area contributed by atoms with Gasteiger partial charge < -0.3 is 44.2 Å². The van der Waals surface area contributed by atoms with E-state index in [2.05, 4.69) is 10.6 Å². The molecule has 0 radical (unpaired) electrons. The van der Waals surface area contributed by atoms with E-state index < -0.39 is 79.4 Å². The molecule has 0 aromatic heterocycles. The van der Waals surface area contributed by atoms with Gasteiger partial charge in [-0.1, -0.05) is 109 Å². The maximum absolute atomic E-state index is 13.7. The zero-order valence-corrected chi connectivity index (χ0v) is 30.2. The molecule has 0 bridgehead atoms. The number of aliphatic hydroxyl groups excluding tert-OH is 1. The van der Waals surface area contributed by atoms with E-state index in [9.17, 15) is 24.3 Å². The Balaban J connectivity index is 1.07. The molecule has 4 aromatic carbocycles. The van der Waals surface area contributed by atoms with Crippen LogP contribution in [0.1, 0.15) is 53.1 Å². The second-order valence-corrected chi connectivity index (χ2v) is 13.6. The van der Waals surface area contributed by atoms with E-state index in [1.54, 1.807) is 30.3 Å². The Hall–Kier alpha value is -5.44. The third-order valence-electron chi connectivity index (χ3n) is 9.94. The fourth-order valence-corrected chi connectivity index (χ4v) is 7.23. The van der Waals surface area contributed by atoms with E-state index in [1.165, 1.54) is 13.8 Å². The van der Waals surface area contributed by atoms with Crippen LogP contribution in [0.15, 0.2) is 109 Å². The Kier molecular flexibility index (Phi) is 11.6. The minimum atomic E-state index is -1.52. The number of Topliss-reactive ketones (excluding diaryl/α,β-unsaturated/α-hetero) is 1. The third kappa shape index (κ3) is 8.46. The van der Waals surface area contributed by atoms with Crippen molar-refractivity contribution >= 4 is 23.8 Å². The summed E-state index contributed by atoms with van der Waals surface area (Å²) in [5.41, 5.74) is 5.18. The van der Waals surface area contributed by atoms with Crippen LogP contribution in [0.4, 0.5) is 4.79 Å². The van der Waals surface area contributed by atoms with Crippen LogP contribution in [0.2, 0.25) is 0 Å². The van der Waals surface area contributed by atoms with Crippen LogP contribution in [-0.4, -0.2) is 91.5 Å². The molecule has 13 heteroatoms. The van der Waals surface area contributed by atoms with Crippen molar-refractivity contribution < 1.29 is 52.7 Å². The summed E-state index contributed by atoms with van der Waals surface area (Å²) in [6, 6.07) is 30.6. The van der Waals surface area contributed by atoms with Crippen molar-refractivity contribution in [2.45, 2.75) is 68.8 Å². The van der Waals surface area contributed by atoms with Gasteiger partial charge in [-0.05, 0) is 29.2 Å². The van der Waals surface area contributed by atoms with Gasteiger partial charge in [-0.25, -0.2) is 9.59 Å². The molecule has 1 aliphatic carbocycles. The standard InChI is InChI=1S/C42H42N2O11/c1-24(53-41-36(43-25(2)45)37(47)38-34(54-41)23-51-40(55-38)27-15-7-4-8-16-27)35(39(48)50-22-33(46)26-13-5-3-6-14-26)44-42(49)52-21-32-30-19-11-9-17-28(30)29-18-10-12-20-31(29)32/h3-20,24,32,34-38,40-41,47H,21-23H2,1-2H3,(H,43,45)(H,44,49)/t24-,34-,35+,36-,37-,38+,40?,41+/m1/s1. The molecule has 7 rings (SSSR count). The van der Waals surface area contributed by atoms with Crippen LogP contribution in [-0.2, 0) is 38.0 Å². The van der Waals surface area contributed by atoms with Gasteiger partial charge in [0.15, 0.2) is 31.0 Å². The van der Waals surface area contributed by atoms with Gasteiger partial charge in [0.25, 0.3) is 0 Å². The average Bonchev–Trinajstić information content (AvgIpc) is 3.53. The van der Waals surface area contributed by atoms with Crippen LogP contribution in [0.5, 0.6) is 0 Å². The van der Waals surface area contributed by atoms with E-state index in [0.717, 1.165) is 27.8 Å². The molecule has 2 fully saturated rings. The Labute approximate surface area is 317 Å². The molecule has 0 saturated carbocycles. The predicted molar refractivity (Wildman–Crippen MR) is 197 cm³/mol. The molecule has 3 aliphatic rings. The van der Waals surface area contributed by atoms with Crippen molar-refractivity contribution in [2.24, 2.45) is 0 Å². The first-order valence-electron chi connectivity index (χ1n) is 18.1. The van der Waals surface area contributed by atoms with Crippen LogP contribution >= 0.6 is 0 Å². The third-order valence-corrected chi connectivity index (χ3v) is 9.94. The monoisotopic (exact) mass is 750 g/mol. The molecule has 8 atom stereocenters. The van der Waals surface area contributed by atoms with Crippen LogP contribution in [0.3, 0.4) is 0 Å². The summed E-state index contributed by atoms with van der Waals surface area (Å²) < 4.78 is 35.6. The zero-order valence-electron chi connectivity index (χ0n) is 30.2. The minimum absolute atomic E-state index is 0.0212. The first-order chi connectivity index (χ1) is 26.7. The number of rotatable bonds is 12. The molecule has 3 N–H and O–H groups in total.